The maximum Gasteiger partial charge on any atom is 0.0748 e. The van der Waals surface area contributed by atoms with E-state index in [0.29, 0.717) is 5.82 Å². The Morgan fingerprint density at radius 1 is 0.600 bits per heavy atom. The number of pyridine rings is 1. The number of hydrogen-bond acceptors (Lipinski definition) is 3. The van der Waals surface area contributed by atoms with Crippen LogP contribution in [-0.4, -0.2) is 15.0 Å². The van der Waals surface area contributed by atoms with Crippen LogP contribution in [0.5, 0.6) is 0 Å². The quantitative estimate of drug-likeness (QED) is 0.170. The fourth-order valence-electron chi connectivity index (χ4n) is 4.29. The molecule has 0 amide bonds. The third-order valence-corrected chi connectivity index (χ3v) is 6.37. The fraction of sp³-hybridized carbons (Fsp3) is 0.0833. The van der Waals surface area contributed by atoms with Crippen molar-refractivity contribution in [1.82, 2.24) is 15.0 Å². The third-order valence-electron chi connectivity index (χ3n) is 6.37. The van der Waals surface area contributed by atoms with Crippen molar-refractivity contribution >= 4 is 0 Å². The molecule has 0 saturated heterocycles. The summed E-state index contributed by atoms with van der Waals surface area (Å²) in [5.41, 5.74) is 10.1. The van der Waals surface area contributed by atoms with E-state index in [-0.39, 0.29) is 20.1 Å². The van der Waals surface area contributed by atoms with E-state index in [4.69, 9.17) is 0 Å². The standard InChI is InChI=1S/C19H16N.C17H13N2.Ir/c1-2-15-14-20-19(17-11-7-4-8-12-17)13-18(15)16-9-5-3-6-10-16;1-13-11-18-17(19-12-13)16-9-5-8-15(10-16)14-6-3-2-4-7-14;/h3-11,13-14H,2H2,1H3;2-8,10-12H,1H3;/q2*-1;. The van der Waals surface area contributed by atoms with Crippen molar-refractivity contribution in [3.05, 3.63) is 151 Å². The Bertz CT molecular complexity index is 1620. The van der Waals surface area contributed by atoms with E-state index in [9.17, 15) is 0 Å². The Morgan fingerprint density at radius 3 is 1.90 bits per heavy atom. The Hall–Kier alpha value is -4.24. The zero-order chi connectivity index (χ0) is 26.9. The van der Waals surface area contributed by atoms with Gasteiger partial charge in [0.2, 0.25) is 0 Å². The van der Waals surface area contributed by atoms with Gasteiger partial charge in [-0.1, -0.05) is 73.7 Å². The average molecular weight is 696 g/mol. The van der Waals surface area contributed by atoms with Gasteiger partial charge in [0.15, 0.2) is 0 Å². The third kappa shape index (κ3) is 7.24. The molecule has 4 heteroatoms. The second kappa shape index (κ2) is 14.2. The minimum atomic E-state index is 0. The Labute approximate surface area is 250 Å². The zero-order valence-electron chi connectivity index (χ0n) is 22.5. The molecule has 0 aliphatic carbocycles. The molecule has 3 nitrogen and oxygen atoms in total. The molecule has 0 fully saturated rings. The van der Waals surface area contributed by atoms with Crippen molar-refractivity contribution in [1.29, 1.82) is 0 Å². The first-order valence-corrected chi connectivity index (χ1v) is 13.1. The minimum absolute atomic E-state index is 0. The Morgan fingerprint density at radius 2 is 1.25 bits per heavy atom. The van der Waals surface area contributed by atoms with Crippen molar-refractivity contribution in [2.24, 2.45) is 0 Å². The molecule has 4 aromatic carbocycles. The van der Waals surface area contributed by atoms with E-state index in [0.717, 1.165) is 34.4 Å². The van der Waals surface area contributed by atoms with Crippen LogP contribution < -0.4 is 0 Å². The predicted octanol–water partition coefficient (Wildman–Crippen LogP) is 8.69. The van der Waals surface area contributed by atoms with E-state index in [2.05, 4.69) is 82.5 Å². The van der Waals surface area contributed by atoms with E-state index in [1.807, 2.05) is 86.2 Å². The molecular weight excluding hydrogens is 667 g/mol. The van der Waals surface area contributed by atoms with Crippen molar-refractivity contribution in [3.8, 4) is 44.9 Å². The fourth-order valence-corrected chi connectivity index (χ4v) is 4.29. The topological polar surface area (TPSA) is 38.7 Å². The van der Waals surface area contributed by atoms with Crippen LogP contribution in [0, 0.1) is 19.1 Å². The molecule has 0 aliphatic rings. The van der Waals surface area contributed by atoms with E-state index < -0.39 is 0 Å². The summed E-state index contributed by atoms with van der Waals surface area (Å²) in [5.74, 6) is 0.711. The molecule has 2 heterocycles. The summed E-state index contributed by atoms with van der Waals surface area (Å²) in [7, 11) is 0. The van der Waals surface area contributed by atoms with E-state index in [1.54, 1.807) is 0 Å². The summed E-state index contributed by atoms with van der Waals surface area (Å²) in [6.07, 6.45) is 6.62. The van der Waals surface area contributed by atoms with Gasteiger partial charge in [0.05, 0.1) is 5.82 Å². The van der Waals surface area contributed by atoms with Crippen molar-refractivity contribution in [2.45, 2.75) is 20.3 Å². The summed E-state index contributed by atoms with van der Waals surface area (Å²) < 4.78 is 0. The molecule has 6 aromatic rings. The van der Waals surface area contributed by atoms with Crippen molar-refractivity contribution in [3.63, 3.8) is 0 Å². The van der Waals surface area contributed by atoms with Crippen LogP contribution in [0.4, 0.5) is 0 Å². The molecule has 0 N–H and O–H groups in total. The average Bonchev–Trinajstić information content (AvgIpc) is 3.03. The van der Waals surface area contributed by atoms with Gasteiger partial charge in [0.25, 0.3) is 0 Å². The maximum absolute atomic E-state index is 4.57. The first-order valence-electron chi connectivity index (χ1n) is 13.1. The number of benzene rings is 4. The molecule has 0 saturated carbocycles. The molecule has 0 atom stereocenters. The molecule has 40 heavy (non-hydrogen) atoms. The van der Waals surface area contributed by atoms with E-state index >= 15 is 0 Å². The van der Waals surface area contributed by atoms with Gasteiger partial charge in [-0.3, -0.25) is 9.97 Å². The number of aromatic nitrogens is 3. The van der Waals surface area contributed by atoms with Gasteiger partial charge in [-0.05, 0) is 46.9 Å². The SMILES string of the molecule is CCc1cnc(-c2[c-]cccc2)cc1-c1ccccc1.Cc1cnc(-c2[c-]ccc(-c3ccccc3)c2)nc1.[Ir]. The van der Waals surface area contributed by atoms with Gasteiger partial charge in [0.1, 0.15) is 0 Å². The summed E-state index contributed by atoms with van der Waals surface area (Å²) in [6, 6.07) is 43.3. The van der Waals surface area contributed by atoms with Gasteiger partial charge >= 0.3 is 0 Å². The summed E-state index contributed by atoms with van der Waals surface area (Å²) in [6.45, 7) is 4.14. The normalized spacial score (nSPS) is 10.2. The van der Waals surface area contributed by atoms with Crippen LogP contribution in [0.25, 0.3) is 44.9 Å². The molecule has 6 rings (SSSR count). The number of aryl methyl sites for hydroxylation is 2. The second-order valence-electron chi connectivity index (χ2n) is 9.16. The first kappa shape index (κ1) is 28.8. The molecule has 0 unspecified atom stereocenters. The van der Waals surface area contributed by atoms with Crippen LogP contribution in [0.3, 0.4) is 0 Å². The number of hydrogen-bond donors (Lipinski definition) is 0. The first-order chi connectivity index (χ1) is 19.2. The van der Waals surface area contributed by atoms with Gasteiger partial charge in [-0.15, -0.1) is 71.3 Å². The smallest absolute Gasteiger partial charge is 0.0748 e. The van der Waals surface area contributed by atoms with Crippen LogP contribution >= 0.6 is 0 Å². The molecule has 0 spiro atoms. The zero-order valence-corrected chi connectivity index (χ0v) is 24.9. The number of rotatable bonds is 5. The number of nitrogens with zero attached hydrogens (tertiary/aromatic N) is 3. The summed E-state index contributed by atoms with van der Waals surface area (Å²) >= 11 is 0. The maximum atomic E-state index is 4.57. The van der Waals surface area contributed by atoms with Gasteiger partial charge < -0.3 is 4.98 Å². The molecule has 2 aromatic heterocycles. The molecule has 0 aliphatic heterocycles. The largest absolute Gasteiger partial charge is 0.304 e. The van der Waals surface area contributed by atoms with Crippen LogP contribution in [0.2, 0.25) is 0 Å². The van der Waals surface area contributed by atoms with Crippen molar-refractivity contribution < 1.29 is 20.1 Å². The van der Waals surface area contributed by atoms with Crippen LogP contribution in [0.15, 0.2) is 128 Å². The molecular formula is C36H29IrN3-2. The summed E-state index contributed by atoms with van der Waals surface area (Å²) in [5, 5.41) is 0. The summed E-state index contributed by atoms with van der Waals surface area (Å²) in [4.78, 5) is 13.3. The Kier molecular flexibility index (Phi) is 10.2. The molecule has 0 bridgehead atoms. The van der Waals surface area contributed by atoms with Gasteiger partial charge in [-0.25, -0.2) is 0 Å². The van der Waals surface area contributed by atoms with Crippen LogP contribution in [-0.2, 0) is 26.5 Å². The predicted molar refractivity (Wildman–Crippen MR) is 160 cm³/mol. The molecule has 1 radical (unpaired) electrons. The second-order valence-corrected chi connectivity index (χ2v) is 9.16. The monoisotopic (exact) mass is 696 g/mol. The van der Waals surface area contributed by atoms with Gasteiger partial charge in [-0.2, -0.15) is 0 Å². The minimum Gasteiger partial charge on any atom is -0.304 e. The Balaban J connectivity index is 0.000000181. The van der Waals surface area contributed by atoms with Gasteiger partial charge in [0, 0.05) is 38.7 Å². The van der Waals surface area contributed by atoms with E-state index in [1.165, 1.54) is 22.3 Å². The molecule has 199 valence electrons. The van der Waals surface area contributed by atoms with Crippen LogP contribution in [0.1, 0.15) is 18.1 Å². The van der Waals surface area contributed by atoms with Crippen molar-refractivity contribution in [2.75, 3.05) is 0 Å².